The number of rotatable bonds is 7. The summed E-state index contributed by atoms with van der Waals surface area (Å²) in [6, 6.07) is 0. The molecule has 0 aliphatic heterocycles. The molecule has 0 aromatic heterocycles. The van der Waals surface area contributed by atoms with E-state index in [-0.39, 0.29) is 41.3 Å². The molecule has 4 fully saturated rings. The van der Waals surface area contributed by atoms with Crippen molar-refractivity contribution in [3.8, 4) is 0 Å². The zero-order valence-corrected chi connectivity index (χ0v) is 21.5. The summed E-state index contributed by atoms with van der Waals surface area (Å²) in [7, 11) is 0. The molecule has 0 aromatic rings. The third kappa shape index (κ3) is 4.75. The lowest BCUT2D eigenvalue weighted by molar-refractivity contribution is -0.223. The number of allylic oxidation sites excluding steroid dienone is 1. The lowest BCUT2D eigenvalue weighted by atomic mass is 9.43. The van der Waals surface area contributed by atoms with Crippen molar-refractivity contribution in [2.75, 3.05) is 6.67 Å². The second kappa shape index (κ2) is 10.4. The zero-order chi connectivity index (χ0) is 25.4. The van der Waals surface area contributed by atoms with E-state index in [0.29, 0.717) is 30.1 Å². The fraction of sp³-hybridized carbons (Fsp3) is 0.889. The standard InChI is InChI=1S/C27H44N4O4/c1-16(6-4-5-7-22(33)29-15-30-31-28)18-8-9-19-23-20(11-13-26(18,19)2)27(3)12-10-17(32)14-21(27)24(34)25(23)35/h5,7,16-21,23-25,32,34-35H,4,6,8-15H2,1-3H3,(H,29,33)/t16-,17-,18-,19+,20+,21+,23+,24?,25?,26-,27-/m1/s1. The van der Waals surface area contributed by atoms with E-state index >= 15 is 0 Å². The van der Waals surface area contributed by atoms with Crippen LogP contribution >= 0.6 is 0 Å². The Morgan fingerprint density at radius 1 is 1.09 bits per heavy atom. The Morgan fingerprint density at radius 3 is 2.54 bits per heavy atom. The van der Waals surface area contributed by atoms with Gasteiger partial charge >= 0.3 is 0 Å². The van der Waals surface area contributed by atoms with Crippen LogP contribution in [0.2, 0.25) is 0 Å². The summed E-state index contributed by atoms with van der Waals surface area (Å²) < 4.78 is 0. The van der Waals surface area contributed by atoms with E-state index in [4.69, 9.17) is 5.53 Å². The first-order valence-corrected chi connectivity index (χ1v) is 13.6. The van der Waals surface area contributed by atoms with Gasteiger partial charge in [-0.25, -0.2) is 0 Å². The van der Waals surface area contributed by atoms with Crippen LogP contribution in [-0.4, -0.2) is 46.2 Å². The Labute approximate surface area is 209 Å². The highest BCUT2D eigenvalue weighted by Crippen LogP contribution is 2.68. The molecule has 4 saturated carbocycles. The molecule has 1 amide bonds. The molecule has 0 spiro atoms. The first kappa shape index (κ1) is 26.5. The fourth-order valence-electron chi connectivity index (χ4n) is 9.17. The molecular formula is C27H44N4O4. The molecule has 4 aliphatic carbocycles. The van der Waals surface area contributed by atoms with Crippen LogP contribution in [0, 0.1) is 46.3 Å². The SMILES string of the molecule is C[C@H](CCC=CC(=O)NCN=[N+]=[N-])[C@H]1CC[C@H]2[C@@H]3C(O)C(O)[C@@H]4C[C@H](O)CC[C@]4(C)[C@H]3CC[C@]12C. The van der Waals surface area contributed by atoms with E-state index < -0.39 is 12.2 Å². The van der Waals surface area contributed by atoms with Crippen LogP contribution in [-0.2, 0) is 4.79 Å². The lowest BCUT2D eigenvalue weighted by Crippen LogP contribution is -2.64. The van der Waals surface area contributed by atoms with E-state index in [2.05, 4.69) is 36.1 Å². The lowest BCUT2D eigenvalue weighted by Gasteiger charge is -2.63. The van der Waals surface area contributed by atoms with Gasteiger partial charge < -0.3 is 20.6 Å². The zero-order valence-electron chi connectivity index (χ0n) is 21.5. The van der Waals surface area contributed by atoms with Crippen molar-refractivity contribution in [3.63, 3.8) is 0 Å². The van der Waals surface area contributed by atoms with E-state index in [0.717, 1.165) is 44.9 Å². The molecule has 0 radical (unpaired) electrons. The Morgan fingerprint density at radius 2 is 1.80 bits per heavy atom. The third-order valence-corrected chi connectivity index (χ3v) is 10.9. The highest BCUT2D eigenvalue weighted by atomic mass is 16.3. The van der Waals surface area contributed by atoms with Gasteiger partial charge in [0.15, 0.2) is 0 Å². The predicted molar refractivity (Wildman–Crippen MR) is 134 cm³/mol. The van der Waals surface area contributed by atoms with Gasteiger partial charge in [-0.05, 0) is 116 Å². The summed E-state index contributed by atoms with van der Waals surface area (Å²) in [6.07, 6.45) is 10.3. The number of aliphatic hydroxyl groups is 3. The van der Waals surface area contributed by atoms with Crippen LogP contribution in [0.15, 0.2) is 17.3 Å². The smallest absolute Gasteiger partial charge is 0.243 e. The number of fused-ring (bicyclic) bond motifs is 5. The maximum Gasteiger partial charge on any atom is 0.243 e. The summed E-state index contributed by atoms with van der Waals surface area (Å²) >= 11 is 0. The van der Waals surface area contributed by atoms with Crippen molar-refractivity contribution >= 4 is 5.91 Å². The van der Waals surface area contributed by atoms with Crippen molar-refractivity contribution in [2.24, 2.45) is 51.5 Å². The molecule has 11 atom stereocenters. The highest BCUT2D eigenvalue weighted by molar-refractivity contribution is 5.87. The first-order valence-electron chi connectivity index (χ1n) is 13.6. The second-order valence-corrected chi connectivity index (χ2v) is 12.4. The molecule has 4 rings (SSSR count). The Kier molecular flexibility index (Phi) is 7.87. The van der Waals surface area contributed by atoms with Gasteiger partial charge in [-0.1, -0.05) is 32.0 Å². The number of hydrogen-bond acceptors (Lipinski definition) is 5. The van der Waals surface area contributed by atoms with Crippen molar-refractivity contribution in [2.45, 2.75) is 96.9 Å². The topological polar surface area (TPSA) is 139 Å². The number of hydrogen-bond donors (Lipinski definition) is 4. The van der Waals surface area contributed by atoms with Crippen molar-refractivity contribution in [1.29, 1.82) is 0 Å². The number of nitrogens with one attached hydrogen (secondary N) is 1. The summed E-state index contributed by atoms with van der Waals surface area (Å²) in [5, 5.41) is 38.7. The summed E-state index contributed by atoms with van der Waals surface area (Å²) in [5.74, 6) is 1.79. The molecule has 4 aliphatic rings. The summed E-state index contributed by atoms with van der Waals surface area (Å²) in [4.78, 5) is 14.4. The number of nitrogens with zero attached hydrogens (tertiary/aromatic N) is 3. The minimum absolute atomic E-state index is 0.00249. The maximum atomic E-state index is 11.8. The van der Waals surface area contributed by atoms with E-state index in [1.165, 1.54) is 12.5 Å². The van der Waals surface area contributed by atoms with Crippen LogP contribution in [0.4, 0.5) is 0 Å². The minimum atomic E-state index is -0.745. The molecular weight excluding hydrogens is 444 g/mol. The molecule has 2 unspecified atom stereocenters. The molecule has 0 bridgehead atoms. The maximum absolute atomic E-state index is 11.8. The summed E-state index contributed by atoms with van der Waals surface area (Å²) in [5.41, 5.74) is 8.44. The third-order valence-electron chi connectivity index (χ3n) is 10.9. The monoisotopic (exact) mass is 488 g/mol. The number of carbonyl (C=O) groups excluding carboxylic acids is 1. The minimum Gasteiger partial charge on any atom is -0.393 e. The van der Waals surface area contributed by atoms with E-state index in [1.807, 2.05) is 6.08 Å². The summed E-state index contributed by atoms with van der Waals surface area (Å²) in [6.45, 7) is 7.04. The number of azide groups is 1. The molecule has 0 heterocycles. The van der Waals surface area contributed by atoms with Gasteiger partial charge in [0.05, 0.1) is 25.0 Å². The first-order chi connectivity index (χ1) is 16.6. The number of amides is 1. The Hall–Kier alpha value is -1.60. The van der Waals surface area contributed by atoms with Gasteiger partial charge in [-0.2, -0.15) is 0 Å². The van der Waals surface area contributed by atoms with Crippen LogP contribution in [0.25, 0.3) is 10.4 Å². The Bertz CT molecular complexity index is 860. The molecule has 0 aromatic carbocycles. The van der Waals surface area contributed by atoms with Gasteiger partial charge in [0.25, 0.3) is 0 Å². The average molecular weight is 489 g/mol. The average Bonchev–Trinajstić information content (AvgIpc) is 3.18. The molecule has 4 N–H and O–H groups in total. The van der Waals surface area contributed by atoms with Gasteiger partial charge in [-0.3, -0.25) is 4.79 Å². The predicted octanol–water partition coefficient (Wildman–Crippen LogP) is 4.30. The van der Waals surface area contributed by atoms with Gasteiger partial charge in [-0.15, -0.1) is 0 Å². The van der Waals surface area contributed by atoms with Gasteiger partial charge in [0.1, 0.15) is 0 Å². The van der Waals surface area contributed by atoms with Crippen molar-refractivity contribution in [1.82, 2.24) is 5.32 Å². The van der Waals surface area contributed by atoms with Crippen LogP contribution in [0.3, 0.4) is 0 Å². The van der Waals surface area contributed by atoms with Gasteiger partial charge in [0, 0.05) is 4.91 Å². The number of aliphatic hydroxyl groups excluding tert-OH is 3. The molecule has 8 nitrogen and oxygen atoms in total. The molecule has 0 saturated heterocycles. The highest BCUT2D eigenvalue weighted by Gasteiger charge is 2.65. The Balaban J connectivity index is 1.41. The molecule has 196 valence electrons. The van der Waals surface area contributed by atoms with Gasteiger partial charge in [0.2, 0.25) is 5.91 Å². The van der Waals surface area contributed by atoms with E-state index in [1.54, 1.807) is 0 Å². The molecule has 35 heavy (non-hydrogen) atoms. The molecule has 8 heteroatoms. The largest absolute Gasteiger partial charge is 0.393 e. The number of carbonyl (C=O) groups is 1. The van der Waals surface area contributed by atoms with E-state index in [9.17, 15) is 20.1 Å². The quantitative estimate of drug-likeness (QED) is 0.184. The van der Waals surface area contributed by atoms with Crippen LogP contribution < -0.4 is 5.32 Å². The van der Waals surface area contributed by atoms with Crippen molar-refractivity contribution < 1.29 is 20.1 Å². The van der Waals surface area contributed by atoms with Crippen LogP contribution in [0.5, 0.6) is 0 Å². The fourth-order valence-corrected chi connectivity index (χ4v) is 9.17. The normalized spacial score (nSPS) is 45.7. The van der Waals surface area contributed by atoms with Crippen molar-refractivity contribution in [3.05, 3.63) is 22.6 Å². The van der Waals surface area contributed by atoms with Crippen LogP contribution in [0.1, 0.15) is 78.6 Å². The second-order valence-electron chi connectivity index (χ2n) is 12.4.